The number of rotatable bonds is 5. The molecule has 1 N–H and O–H groups in total. The predicted octanol–water partition coefficient (Wildman–Crippen LogP) is 5.54. The van der Waals surface area contributed by atoms with Crippen molar-refractivity contribution in [2.75, 3.05) is 6.54 Å². The van der Waals surface area contributed by atoms with Crippen LogP contribution in [0, 0.1) is 33.6 Å². The molecule has 1 aliphatic carbocycles. The fourth-order valence-corrected chi connectivity index (χ4v) is 3.99. The third kappa shape index (κ3) is 3.69. The normalized spacial score (nSPS) is 18.0. The van der Waals surface area contributed by atoms with E-state index in [9.17, 15) is 0 Å². The van der Waals surface area contributed by atoms with Crippen molar-refractivity contribution >= 4 is 0 Å². The maximum atomic E-state index is 3.89. The predicted molar refractivity (Wildman–Crippen MR) is 93.0 cm³/mol. The summed E-state index contributed by atoms with van der Waals surface area (Å²) in [6, 6.07) is 2.91. The zero-order chi connectivity index (χ0) is 15.4. The quantitative estimate of drug-likeness (QED) is 0.749. The van der Waals surface area contributed by atoms with E-state index < -0.39 is 0 Å². The zero-order valence-electron chi connectivity index (χ0n) is 14.7. The largest absolute Gasteiger partial charge is 0.310 e. The standard InChI is InChI=1S/C20H33N/c1-6-12-21-20(18-10-8-7-9-11-18)19-16(4)14(2)13-15(3)17(19)5/h13,18,20-21H,6-12H2,1-5H3. The minimum Gasteiger partial charge on any atom is -0.310 e. The van der Waals surface area contributed by atoms with Gasteiger partial charge in [0.05, 0.1) is 0 Å². The van der Waals surface area contributed by atoms with Crippen LogP contribution in [0.15, 0.2) is 6.07 Å². The fraction of sp³-hybridized carbons (Fsp3) is 0.700. The summed E-state index contributed by atoms with van der Waals surface area (Å²) in [7, 11) is 0. The summed E-state index contributed by atoms with van der Waals surface area (Å²) in [6.07, 6.45) is 8.27. The number of benzene rings is 1. The van der Waals surface area contributed by atoms with Crippen molar-refractivity contribution in [3.05, 3.63) is 33.9 Å². The van der Waals surface area contributed by atoms with Gasteiger partial charge in [0.25, 0.3) is 0 Å². The van der Waals surface area contributed by atoms with Crippen LogP contribution < -0.4 is 5.32 Å². The lowest BCUT2D eigenvalue weighted by Crippen LogP contribution is -2.32. The number of aryl methyl sites for hydroxylation is 2. The lowest BCUT2D eigenvalue weighted by molar-refractivity contribution is 0.270. The van der Waals surface area contributed by atoms with E-state index in [4.69, 9.17) is 0 Å². The van der Waals surface area contributed by atoms with E-state index >= 15 is 0 Å². The molecule has 0 aliphatic heterocycles. The van der Waals surface area contributed by atoms with Crippen molar-refractivity contribution in [1.82, 2.24) is 5.32 Å². The van der Waals surface area contributed by atoms with Crippen LogP contribution in [0.4, 0.5) is 0 Å². The van der Waals surface area contributed by atoms with Crippen LogP contribution in [0.25, 0.3) is 0 Å². The molecule has 1 aromatic carbocycles. The Kier molecular flexibility index (Phi) is 5.87. The fourth-order valence-electron chi connectivity index (χ4n) is 3.99. The highest BCUT2D eigenvalue weighted by molar-refractivity contribution is 5.46. The minimum absolute atomic E-state index is 0.559. The third-order valence-electron chi connectivity index (χ3n) is 5.47. The maximum absolute atomic E-state index is 3.89. The molecule has 0 bridgehead atoms. The highest BCUT2D eigenvalue weighted by Crippen LogP contribution is 2.38. The van der Waals surface area contributed by atoms with E-state index in [0.29, 0.717) is 6.04 Å². The second-order valence-corrected chi connectivity index (χ2v) is 7.00. The van der Waals surface area contributed by atoms with E-state index in [1.807, 2.05) is 0 Å². The number of nitrogens with one attached hydrogen (secondary N) is 1. The van der Waals surface area contributed by atoms with Gasteiger partial charge in [-0.15, -0.1) is 0 Å². The Morgan fingerprint density at radius 3 is 2.10 bits per heavy atom. The van der Waals surface area contributed by atoms with E-state index in [-0.39, 0.29) is 0 Å². The Bertz CT molecular complexity index is 443. The molecule has 1 heteroatoms. The van der Waals surface area contributed by atoms with Gasteiger partial charge >= 0.3 is 0 Å². The van der Waals surface area contributed by atoms with Gasteiger partial charge in [-0.25, -0.2) is 0 Å². The Balaban J connectivity index is 2.40. The molecule has 2 rings (SSSR count). The summed E-state index contributed by atoms with van der Waals surface area (Å²) in [6.45, 7) is 12.6. The Hall–Kier alpha value is -0.820. The molecular formula is C20H33N. The SMILES string of the molecule is CCCNC(c1c(C)c(C)cc(C)c1C)C1CCCCC1. The summed E-state index contributed by atoms with van der Waals surface area (Å²) >= 11 is 0. The number of hydrogen-bond acceptors (Lipinski definition) is 1. The lowest BCUT2D eigenvalue weighted by Gasteiger charge is -2.34. The second kappa shape index (κ2) is 7.45. The molecular weight excluding hydrogens is 254 g/mol. The molecule has 0 heterocycles. The first kappa shape index (κ1) is 16.5. The van der Waals surface area contributed by atoms with Crippen LogP contribution >= 0.6 is 0 Å². The summed E-state index contributed by atoms with van der Waals surface area (Å²) < 4.78 is 0. The Morgan fingerprint density at radius 1 is 1.00 bits per heavy atom. The van der Waals surface area contributed by atoms with Crippen LogP contribution in [-0.2, 0) is 0 Å². The van der Waals surface area contributed by atoms with Crippen LogP contribution in [0.3, 0.4) is 0 Å². The van der Waals surface area contributed by atoms with Gasteiger partial charge in [-0.2, -0.15) is 0 Å². The molecule has 118 valence electrons. The molecule has 1 aromatic rings. The average Bonchev–Trinajstić information content (AvgIpc) is 2.49. The van der Waals surface area contributed by atoms with Crippen LogP contribution in [-0.4, -0.2) is 6.54 Å². The smallest absolute Gasteiger partial charge is 0.0354 e. The molecule has 1 atom stereocenters. The molecule has 0 aromatic heterocycles. The molecule has 0 radical (unpaired) electrons. The highest BCUT2D eigenvalue weighted by atomic mass is 14.9. The van der Waals surface area contributed by atoms with Gasteiger partial charge < -0.3 is 5.32 Å². The zero-order valence-corrected chi connectivity index (χ0v) is 14.7. The maximum Gasteiger partial charge on any atom is 0.0354 e. The first-order chi connectivity index (χ1) is 10.1. The summed E-state index contributed by atoms with van der Waals surface area (Å²) in [5.74, 6) is 0.823. The molecule has 1 nitrogen and oxygen atoms in total. The minimum atomic E-state index is 0.559. The highest BCUT2D eigenvalue weighted by Gasteiger charge is 2.27. The topological polar surface area (TPSA) is 12.0 Å². The second-order valence-electron chi connectivity index (χ2n) is 7.00. The van der Waals surface area contributed by atoms with E-state index in [1.165, 1.54) is 60.8 Å². The van der Waals surface area contributed by atoms with Gasteiger partial charge in [0.2, 0.25) is 0 Å². The first-order valence-corrected chi connectivity index (χ1v) is 8.87. The third-order valence-corrected chi connectivity index (χ3v) is 5.47. The summed E-state index contributed by atoms with van der Waals surface area (Å²) in [5.41, 5.74) is 7.53. The van der Waals surface area contributed by atoms with Crippen molar-refractivity contribution in [2.45, 2.75) is 79.2 Å². The summed E-state index contributed by atoms with van der Waals surface area (Å²) in [4.78, 5) is 0. The molecule has 1 saturated carbocycles. The van der Waals surface area contributed by atoms with Gasteiger partial charge in [-0.05, 0) is 87.2 Å². The monoisotopic (exact) mass is 287 g/mol. The summed E-state index contributed by atoms with van der Waals surface area (Å²) in [5, 5.41) is 3.89. The van der Waals surface area contributed by atoms with E-state index in [1.54, 1.807) is 5.56 Å². The molecule has 1 aliphatic rings. The van der Waals surface area contributed by atoms with Crippen molar-refractivity contribution in [1.29, 1.82) is 0 Å². The van der Waals surface area contributed by atoms with Crippen LogP contribution in [0.1, 0.15) is 79.3 Å². The molecule has 1 fully saturated rings. The Morgan fingerprint density at radius 2 is 1.57 bits per heavy atom. The Labute approximate surface area is 131 Å². The van der Waals surface area contributed by atoms with Crippen LogP contribution in [0.5, 0.6) is 0 Å². The molecule has 1 unspecified atom stereocenters. The van der Waals surface area contributed by atoms with Crippen LogP contribution in [0.2, 0.25) is 0 Å². The molecule has 0 amide bonds. The molecule has 0 saturated heterocycles. The average molecular weight is 287 g/mol. The van der Waals surface area contributed by atoms with Crippen molar-refractivity contribution in [3.8, 4) is 0 Å². The molecule has 21 heavy (non-hydrogen) atoms. The van der Waals surface area contributed by atoms with Gasteiger partial charge in [0, 0.05) is 6.04 Å². The van der Waals surface area contributed by atoms with Gasteiger partial charge in [0.15, 0.2) is 0 Å². The van der Waals surface area contributed by atoms with Crippen molar-refractivity contribution < 1.29 is 0 Å². The van der Waals surface area contributed by atoms with E-state index in [0.717, 1.165) is 12.5 Å². The number of hydrogen-bond donors (Lipinski definition) is 1. The van der Waals surface area contributed by atoms with Crippen molar-refractivity contribution in [3.63, 3.8) is 0 Å². The first-order valence-electron chi connectivity index (χ1n) is 8.87. The van der Waals surface area contributed by atoms with E-state index in [2.05, 4.69) is 46.0 Å². The van der Waals surface area contributed by atoms with Gasteiger partial charge in [-0.1, -0.05) is 32.3 Å². The van der Waals surface area contributed by atoms with Gasteiger partial charge in [-0.3, -0.25) is 0 Å². The van der Waals surface area contributed by atoms with Gasteiger partial charge in [0.1, 0.15) is 0 Å². The lowest BCUT2D eigenvalue weighted by atomic mass is 9.77. The van der Waals surface area contributed by atoms with Crippen molar-refractivity contribution in [2.24, 2.45) is 5.92 Å². The molecule has 0 spiro atoms.